The monoisotopic (exact) mass is 134 g/mol. The van der Waals surface area contributed by atoms with Crippen molar-refractivity contribution in [3.05, 3.63) is 24.4 Å². The summed E-state index contributed by atoms with van der Waals surface area (Å²) in [5.41, 5.74) is 7.04. The van der Waals surface area contributed by atoms with Crippen LogP contribution in [-0.2, 0) is 0 Å². The highest BCUT2D eigenvalue weighted by Gasteiger charge is 1.98. The molecular weight excluding hydrogens is 128 g/mol. The highest BCUT2D eigenvalue weighted by Crippen LogP contribution is 2.18. The zero-order valence-electron chi connectivity index (χ0n) is 5.24. The molecule has 0 atom stereocenters. The van der Waals surface area contributed by atoms with E-state index in [1.54, 1.807) is 6.20 Å². The molecule has 1 aromatic heterocycles. The minimum absolute atomic E-state index is 0.707. The first kappa shape index (κ1) is 5.29. The van der Waals surface area contributed by atoms with Crippen LogP contribution < -0.4 is 5.73 Å². The molecule has 0 bridgehead atoms. The number of anilines is 1. The summed E-state index contributed by atoms with van der Waals surface area (Å²) in [6, 6.07) is 5.49. The molecule has 2 rings (SSSR count). The van der Waals surface area contributed by atoms with Crippen LogP contribution in [0, 0.1) is 0 Å². The van der Waals surface area contributed by atoms with Gasteiger partial charge in [0, 0.05) is 5.69 Å². The van der Waals surface area contributed by atoms with Crippen molar-refractivity contribution in [2.24, 2.45) is 0 Å². The summed E-state index contributed by atoms with van der Waals surface area (Å²) in [5, 5.41) is 4.48. The van der Waals surface area contributed by atoms with E-state index in [1.165, 1.54) is 0 Å². The number of nitrogen functional groups attached to an aromatic ring is 1. The molecule has 0 fully saturated rings. The lowest BCUT2D eigenvalue weighted by Gasteiger charge is -1.89. The Labute approximate surface area is 57.4 Å². The van der Waals surface area contributed by atoms with Gasteiger partial charge < -0.3 is 10.3 Å². The highest BCUT2D eigenvalue weighted by molar-refractivity contribution is 5.87. The van der Waals surface area contributed by atoms with E-state index in [2.05, 4.69) is 5.16 Å². The van der Waals surface area contributed by atoms with Gasteiger partial charge in [-0.25, -0.2) is 0 Å². The summed E-state index contributed by atoms with van der Waals surface area (Å²) in [4.78, 5) is 0. The maximum atomic E-state index is 5.60. The summed E-state index contributed by atoms with van der Waals surface area (Å²) in [6.07, 6.45) is 1.62. The predicted molar refractivity (Wildman–Crippen MR) is 38.4 cm³/mol. The van der Waals surface area contributed by atoms with Crippen molar-refractivity contribution in [1.82, 2.24) is 5.16 Å². The molecule has 2 aromatic rings. The predicted octanol–water partition coefficient (Wildman–Crippen LogP) is 1.41. The Bertz CT molecular complexity index is 353. The lowest BCUT2D eigenvalue weighted by molar-refractivity contribution is 0.456. The number of hydrogen-bond donors (Lipinski definition) is 1. The largest absolute Gasteiger partial charge is 0.398 e. The minimum atomic E-state index is 0.707. The van der Waals surface area contributed by atoms with Gasteiger partial charge in [0.15, 0.2) is 5.58 Å². The molecule has 3 heteroatoms. The van der Waals surface area contributed by atoms with Crippen molar-refractivity contribution in [3.63, 3.8) is 0 Å². The molecule has 50 valence electrons. The van der Waals surface area contributed by atoms with Crippen LogP contribution in [0.5, 0.6) is 0 Å². The quantitative estimate of drug-likeness (QED) is 0.554. The molecule has 2 N–H and O–H groups in total. The Hall–Kier alpha value is -1.51. The van der Waals surface area contributed by atoms with E-state index in [4.69, 9.17) is 10.3 Å². The van der Waals surface area contributed by atoms with Gasteiger partial charge in [-0.2, -0.15) is 0 Å². The van der Waals surface area contributed by atoms with Crippen molar-refractivity contribution in [2.75, 3.05) is 5.73 Å². The van der Waals surface area contributed by atoms with Gasteiger partial charge in [-0.15, -0.1) is 0 Å². The molecule has 0 unspecified atom stereocenters. The highest BCUT2D eigenvalue weighted by atomic mass is 16.5. The standard InChI is InChI=1S/C7H6N2O/c8-6-2-1-3-7-5(6)4-9-10-7/h1-4H,8H2. The Balaban J connectivity index is 2.95. The van der Waals surface area contributed by atoms with Crippen molar-refractivity contribution in [2.45, 2.75) is 0 Å². The number of benzene rings is 1. The molecule has 0 saturated heterocycles. The third-order valence-corrected chi connectivity index (χ3v) is 1.43. The fraction of sp³-hybridized carbons (Fsp3) is 0. The van der Waals surface area contributed by atoms with Gasteiger partial charge >= 0.3 is 0 Å². The van der Waals surface area contributed by atoms with Crippen molar-refractivity contribution >= 4 is 16.7 Å². The Morgan fingerprint density at radius 1 is 1.40 bits per heavy atom. The van der Waals surface area contributed by atoms with Crippen molar-refractivity contribution < 1.29 is 4.52 Å². The minimum Gasteiger partial charge on any atom is -0.398 e. The van der Waals surface area contributed by atoms with Crippen molar-refractivity contribution in [3.8, 4) is 0 Å². The smallest absolute Gasteiger partial charge is 0.168 e. The van der Waals surface area contributed by atoms with E-state index in [1.807, 2.05) is 18.2 Å². The van der Waals surface area contributed by atoms with Crippen LogP contribution in [-0.4, -0.2) is 5.16 Å². The first-order chi connectivity index (χ1) is 4.88. The summed E-state index contributed by atoms with van der Waals surface area (Å²) >= 11 is 0. The number of nitrogens with zero attached hydrogens (tertiary/aromatic N) is 1. The molecule has 0 aliphatic rings. The molecular formula is C7H6N2O. The second-order valence-electron chi connectivity index (χ2n) is 2.08. The van der Waals surface area contributed by atoms with Gasteiger partial charge in [0.25, 0.3) is 0 Å². The molecule has 10 heavy (non-hydrogen) atoms. The van der Waals surface area contributed by atoms with E-state index in [-0.39, 0.29) is 0 Å². The van der Waals surface area contributed by atoms with E-state index in [9.17, 15) is 0 Å². The summed E-state index contributed by atoms with van der Waals surface area (Å²) < 4.78 is 4.87. The molecule has 3 nitrogen and oxygen atoms in total. The van der Waals surface area contributed by atoms with Gasteiger partial charge in [0.1, 0.15) is 0 Å². The third kappa shape index (κ3) is 0.572. The Morgan fingerprint density at radius 3 is 3.10 bits per heavy atom. The van der Waals surface area contributed by atoms with Crippen LogP contribution in [0.1, 0.15) is 0 Å². The maximum Gasteiger partial charge on any atom is 0.168 e. The molecule has 0 aliphatic carbocycles. The van der Waals surface area contributed by atoms with Crippen LogP contribution in [0.2, 0.25) is 0 Å². The SMILES string of the molecule is Nc1cccc2oncc12. The topological polar surface area (TPSA) is 52.0 Å². The summed E-state index contributed by atoms with van der Waals surface area (Å²) in [6.45, 7) is 0. The average Bonchev–Trinajstić information content (AvgIpc) is 2.36. The van der Waals surface area contributed by atoms with Gasteiger partial charge in [-0.05, 0) is 12.1 Å². The summed E-state index contributed by atoms with van der Waals surface area (Å²) in [7, 11) is 0. The van der Waals surface area contributed by atoms with E-state index in [0.29, 0.717) is 5.69 Å². The fourth-order valence-electron chi connectivity index (χ4n) is 0.915. The molecule has 1 aromatic carbocycles. The maximum absolute atomic E-state index is 5.60. The lowest BCUT2D eigenvalue weighted by atomic mass is 10.2. The Morgan fingerprint density at radius 2 is 2.30 bits per heavy atom. The zero-order chi connectivity index (χ0) is 6.97. The lowest BCUT2D eigenvalue weighted by Crippen LogP contribution is -1.82. The van der Waals surface area contributed by atoms with Gasteiger partial charge in [0.05, 0.1) is 11.6 Å². The first-order valence-electron chi connectivity index (χ1n) is 2.97. The van der Waals surface area contributed by atoms with E-state index >= 15 is 0 Å². The number of nitrogens with two attached hydrogens (primary N) is 1. The van der Waals surface area contributed by atoms with Crippen molar-refractivity contribution in [1.29, 1.82) is 0 Å². The number of rotatable bonds is 0. The second kappa shape index (κ2) is 1.73. The summed E-state index contributed by atoms with van der Waals surface area (Å²) in [5.74, 6) is 0. The van der Waals surface area contributed by atoms with E-state index in [0.717, 1.165) is 11.0 Å². The normalized spacial score (nSPS) is 10.4. The second-order valence-corrected chi connectivity index (χ2v) is 2.08. The molecule has 1 heterocycles. The Kier molecular flexibility index (Phi) is 0.917. The fourth-order valence-corrected chi connectivity index (χ4v) is 0.915. The molecule has 0 saturated carbocycles. The molecule has 0 spiro atoms. The third-order valence-electron chi connectivity index (χ3n) is 1.43. The van der Waals surface area contributed by atoms with Crippen LogP contribution in [0.15, 0.2) is 28.9 Å². The number of fused-ring (bicyclic) bond motifs is 1. The van der Waals surface area contributed by atoms with Gasteiger partial charge in [-0.1, -0.05) is 11.2 Å². The van der Waals surface area contributed by atoms with Crippen LogP contribution in [0.4, 0.5) is 5.69 Å². The molecule has 0 amide bonds. The average molecular weight is 134 g/mol. The van der Waals surface area contributed by atoms with E-state index < -0.39 is 0 Å². The number of hydrogen-bond acceptors (Lipinski definition) is 3. The van der Waals surface area contributed by atoms with Gasteiger partial charge in [0.2, 0.25) is 0 Å². The van der Waals surface area contributed by atoms with Crippen LogP contribution in [0.25, 0.3) is 11.0 Å². The number of aromatic nitrogens is 1. The van der Waals surface area contributed by atoms with Crippen LogP contribution >= 0.6 is 0 Å². The zero-order valence-corrected chi connectivity index (χ0v) is 5.24. The van der Waals surface area contributed by atoms with Gasteiger partial charge in [-0.3, -0.25) is 0 Å². The van der Waals surface area contributed by atoms with Crippen LogP contribution in [0.3, 0.4) is 0 Å². The molecule has 0 aliphatic heterocycles. The first-order valence-corrected chi connectivity index (χ1v) is 2.97. The molecule has 0 radical (unpaired) electrons.